The summed E-state index contributed by atoms with van der Waals surface area (Å²) >= 11 is 0. The second-order valence-corrected chi connectivity index (χ2v) is 5.78. The zero-order chi connectivity index (χ0) is 19.0. The summed E-state index contributed by atoms with van der Waals surface area (Å²) in [6, 6.07) is 5.25. The number of aromatic nitrogens is 3. The molecule has 0 amide bonds. The summed E-state index contributed by atoms with van der Waals surface area (Å²) < 4.78 is 17.7. The molecule has 136 valence electrons. The monoisotopic (exact) mass is 357 g/mol. The Morgan fingerprint density at radius 2 is 1.85 bits per heavy atom. The Labute approximate surface area is 150 Å². The van der Waals surface area contributed by atoms with E-state index < -0.39 is 5.97 Å². The minimum Gasteiger partial charge on any atom is -0.493 e. The number of benzene rings is 1. The zero-order valence-corrected chi connectivity index (χ0v) is 15.2. The van der Waals surface area contributed by atoms with Crippen LogP contribution in [-0.4, -0.2) is 40.0 Å². The Kier molecular flexibility index (Phi) is 4.41. The fraction of sp³-hybridized carbons (Fsp3) is 0.278. The van der Waals surface area contributed by atoms with Crippen LogP contribution < -0.4 is 9.47 Å². The Balaban J connectivity index is 2.10. The molecule has 0 unspecified atom stereocenters. The molecule has 0 aliphatic rings. The molecule has 0 aliphatic heterocycles. The van der Waals surface area contributed by atoms with E-state index in [1.807, 2.05) is 6.92 Å². The molecule has 0 saturated carbocycles. The van der Waals surface area contributed by atoms with Gasteiger partial charge < -0.3 is 23.7 Å². The van der Waals surface area contributed by atoms with Crippen molar-refractivity contribution >= 4 is 5.97 Å². The van der Waals surface area contributed by atoms with Gasteiger partial charge in [0.15, 0.2) is 11.5 Å². The van der Waals surface area contributed by atoms with Crippen LogP contribution in [0.15, 0.2) is 22.7 Å². The largest absolute Gasteiger partial charge is 0.493 e. The molecular formula is C18H19N3O5. The lowest BCUT2D eigenvalue weighted by molar-refractivity contribution is 0.0696. The molecule has 0 atom stereocenters. The number of hydrogen-bond donors (Lipinski definition) is 1. The number of carboxylic acids is 1. The van der Waals surface area contributed by atoms with Crippen LogP contribution in [0.3, 0.4) is 0 Å². The van der Waals surface area contributed by atoms with Gasteiger partial charge in [-0.25, -0.2) is 4.79 Å². The van der Waals surface area contributed by atoms with Crippen molar-refractivity contribution in [3.8, 4) is 34.3 Å². The van der Waals surface area contributed by atoms with Crippen molar-refractivity contribution in [3.63, 3.8) is 0 Å². The standard InChI is InChI=1S/C18H19N3O5/c1-9-14(15(18(22)23)10(2)21(9)3)17-19-16(20-26-17)11-6-7-12(24-4)13(8-11)25-5/h6-8H,1-5H3,(H,22,23). The molecule has 3 aromatic rings. The highest BCUT2D eigenvalue weighted by Crippen LogP contribution is 2.34. The second-order valence-electron chi connectivity index (χ2n) is 5.78. The number of carboxylic acid groups (broad SMARTS) is 1. The Hall–Kier alpha value is -3.29. The van der Waals surface area contributed by atoms with Gasteiger partial charge in [-0.3, -0.25) is 0 Å². The van der Waals surface area contributed by atoms with Crippen molar-refractivity contribution in [1.29, 1.82) is 0 Å². The lowest BCUT2D eigenvalue weighted by Crippen LogP contribution is -2.00. The van der Waals surface area contributed by atoms with Crippen LogP contribution in [0, 0.1) is 13.8 Å². The third-order valence-corrected chi connectivity index (χ3v) is 4.48. The number of methoxy groups -OCH3 is 2. The number of nitrogens with zero attached hydrogens (tertiary/aromatic N) is 3. The second kappa shape index (κ2) is 6.55. The van der Waals surface area contributed by atoms with E-state index in [9.17, 15) is 9.90 Å². The van der Waals surface area contributed by atoms with E-state index in [1.165, 1.54) is 0 Å². The third-order valence-electron chi connectivity index (χ3n) is 4.48. The SMILES string of the molecule is COc1ccc(-c2noc(-c3c(C(=O)O)c(C)n(C)c3C)n2)cc1OC. The predicted octanol–water partition coefficient (Wildman–Crippen LogP) is 3.07. The van der Waals surface area contributed by atoms with E-state index in [-0.39, 0.29) is 11.5 Å². The van der Waals surface area contributed by atoms with Crippen LogP contribution in [-0.2, 0) is 7.05 Å². The molecule has 1 aromatic carbocycles. The fourth-order valence-electron chi connectivity index (χ4n) is 2.89. The van der Waals surface area contributed by atoms with Gasteiger partial charge in [0, 0.05) is 24.0 Å². The molecule has 0 spiro atoms. The number of hydrogen-bond acceptors (Lipinski definition) is 6. The molecule has 2 heterocycles. The van der Waals surface area contributed by atoms with Crippen molar-refractivity contribution in [2.75, 3.05) is 14.2 Å². The van der Waals surface area contributed by atoms with Gasteiger partial charge in [0.25, 0.3) is 5.89 Å². The maximum absolute atomic E-state index is 11.7. The Morgan fingerprint density at radius 3 is 2.46 bits per heavy atom. The summed E-state index contributed by atoms with van der Waals surface area (Å²) in [7, 11) is 4.89. The van der Waals surface area contributed by atoms with Crippen LogP contribution in [0.4, 0.5) is 0 Å². The maximum Gasteiger partial charge on any atom is 0.338 e. The van der Waals surface area contributed by atoms with Crippen LogP contribution in [0.1, 0.15) is 21.7 Å². The van der Waals surface area contributed by atoms with Gasteiger partial charge in [-0.05, 0) is 32.0 Å². The van der Waals surface area contributed by atoms with Crippen LogP contribution in [0.2, 0.25) is 0 Å². The summed E-state index contributed by atoms with van der Waals surface area (Å²) in [4.78, 5) is 16.1. The lowest BCUT2D eigenvalue weighted by Gasteiger charge is -2.07. The van der Waals surface area contributed by atoms with Crippen LogP contribution in [0.25, 0.3) is 22.8 Å². The van der Waals surface area contributed by atoms with Gasteiger partial charge in [0.1, 0.15) is 0 Å². The van der Waals surface area contributed by atoms with Crippen molar-refractivity contribution in [3.05, 3.63) is 35.2 Å². The maximum atomic E-state index is 11.7. The molecule has 0 saturated heterocycles. The normalized spacial score (nSPS) is 10.8. The van der Waals surface area contributed by atoms with Crippen molar-refractivity contribution in [2.45, 2.75) is 13.8 Å². The summed E-state index contributed by atoms with van der Waals surface area (Å²) in [5.74, 6) is 0.579. The van der Waals surface area contributed by atoms with Crippen LogP contribution in [0.5, 0.6) is 11.5 Å². The molecule has 0 bridgehead atoms. The highest BCUT2D eigenvalue weighted by Gasteiger charge is 2.26. The van der Waals surface area contributed by atoms with Gasteiger partial charge in [-0.15, -0.1) is 0 Å². The highest BCUT2D eigenvalue weighted by molar-refractivity contribution is 5.97. The van der Waals surface area contributed by atoms with Gasteiger partial charge in [-0.1, -0.05) is 5.16 Å². The molecular weight excluding hydrogens is 338 g/mol. The van der Waals surface area contributed by atoms with Crippen molar-refractivity contribution in [1.82, 2.24) is 14.7 Å². The summed E-state index contributed by atoms with van der Waals surface area (Å²) in [6.45, 7) is 3.56. The van der Waals surface area contributed by atoms with E-state index in [4.69, 9.17) is 14.0 Å². The lowest BCUT2D eigenvalue weighted by atomic mass is 10.1. The molecule has 3 rings (SSSR count). The van der Waals surface area contributed by atoms with E-state index in [0.717, 1.165) is 5.69 Å². The molecule has 0 aliphatic carbocycles. The van der Waals surface area contributed by atoms with Crippen LogP contribution >= 0.6 is 0 Å². The first-order chi connectivity index (χ1) is 12.4. The van der Waals surface area contributed by atoms with Gasteiger partial charge in [0.05, 0.1) is 25.3 Å². The number of aromatic carboxylic acids is 1. The topological polar surface area (TPSA) is 99.6 Å². The minimum absolute atomic E-state index is 0.160. The first kappa shape index (κ1) is 17.5. The Bertz CT molecular complexity index is 987. The number of ether oxygens (including phenoxy) is 2. The van der Waals surface area contributed by atoms with E-state index in [2.05, 4.69) is 10.1 Å². The quantitative estimate of drug-likeness (QED) is 0.749. The molecule has 2 aromatic heterocycles. The van der Waals surface area contributed by atoms with Gasteiger partial charge in [0.2, 0.25) is 5.82 Å². The fourth-order valence-corrected chi connectivity index (χ4v) is 2.89. The predicted molar refractivity (Wildman–Crippen MR) is 93.7 cm³/mol. The third kappa shape index (κ3) is 2.69. The van der Waals surface area contributed by atoms with Crippen molar-refractivity contribution < 1.29 is 23.9 Å². The summed E-state index contributed by atoms with van der Waals surface area (Å²) in [5, 5.41) is 13.6. The van der Waals surface area contributed by atoms with E-state index >= 15 is 0 Å². The number of carbonyl (C=O) groups is 1. The number of rotatable bonds is 5. The molecule has 26 heavy (non-hydrogen) atoms. The smallest absolute Gasteiger partial charge is 0.338 e. The minimum atomic E-state index is -1.04. The summed E-state index contributed by atoms with van der Waals surface area (Å²) in [5.41, 5.74) is 2.61. The Morgan fingerprint density at radius 1 is 1.15 bits per heavy atom. The van der Waals surface area contributed by atoms with Gasteiger partial charge >= 0.3 is 5.97 Å². The highest BCUT2D eigenvalue weighted by atomic mass is 16.5. The van der Waals surface area contributed by atoms with E-state index in [0.29, 0.717) is 34.1 Å². The van der Waals surface area contributed by atoms with Gasteiger partial charge in [-0.2, -0.15) is 4.98 Å². The molecule has 1 N–H and O–H groups in total. The first-order valence-corrected chi connectivity index (χ1v) is 7.84. The first-order valence-electron chi connectivity index (χ1n) is 7.84. The zero-order valence-electron chi connectivity index (χ0n) is 15.2. The summed E-state index contributed by atoms with van der Waals surface area (Å²) in [6.07, 6.45) is 0. The average molecular weight is 357 g/mol. The van der Waals surface area contributed by atoms with E-state index in [1.54, 1.807) is 51.0 Å². The molecule has 0 fully saturated rings. The average Bonchev–Trinajstić information content (AvgIpc) is 3.20. The molecule has 8 heteroatoms. The molecule has 8 nitrogen and oxygen atoms in total. The van der Waals surface area contributed by atoms with Crippen molar-refractivity contribution in [2.24, 2.45) is 7.05 Å². The molecule has 0 radical (unpaired) electrons.